The molecule has 8 heteroatoms. The molecule has 0 spiro atoms. The number of benzene rings is 2. The van der Waals surface area contributed by atoms with Gasteiger partial charge in [0, 0.05) is 29.6 Å². The molecular formula is C23H25N3O4S. The first-order valence-corrected chi connectivity index (χ1v) is 11.6. The lowest BCUT2D eigenvalue weighted by Crippen LogP contribution is -2.30. The molecule has 0 saturated carbocycles. The Balaban J connectivity index is 1.75. The van der Waals surface area contributed by atoms with Gasteiger partial charge in [-0.15, -0.1) is 0 Å². The van der Waals surface area contributed by atoms with Crippen LogP contribution in [0.15, 0.2) is 50.2 Å². The zero-order valence-electron chi connectivity index (χ0n) is 18.3. The van der Waals surface area contributed by atoms with E-state index in [9.17, 15) is 8.42 Å². The molecule has 0 atom stereocenters. The van der Waals surface area contributed by atoms with E-state index in [0.29, 0.717) is 35.6 Å². The second-order valence-electron chi connectivity index (χ2n) is 7.53. The van der Waals surface area contributed by atoms with Crippen molar-refractivity contribution in [1.29, 1.82) is 0 Å². The molecule has 0 aliphatic heterocycles. The van der Waals surface area contributed by atoms with Gasteiger partial charge in [-0.05, 0) is 56.2 Å². The fourth-order valence-electron chi connectivity index (χ4n) is 3.59. The smallest absolute Gasteiger partial charge is 0.294 e. The normalized spacial score (nSPS) is 12.2. The highest BCUT2D eigenvalue weighted by molar-refractivity contribution is 7.89. The van der Waals surface area contributed by atoms with Gasteiger partial charge < -0.3 is 8.94 Å². The predicted octanol–water partition coefficient (Wildman–Crippen LogP) is 5.11. The van der Waals surface area contributed by atoms with Gasteiger partial charge in [0.05, 0.1) is 4.90 Å². The van der Waals surface area contributed by atoms with Crippen molar-refractivity contribution in [3.05, 3.63) is 53.1 Å². The molecule has 0 N–H and O–H groups in total. The zero-order valence-corrected chi connectivity index (χ0v) is 19.1. The number of rotatable bonds is 6. The molecule has 0 unspecified atom stereocenters. The van der Waals surface area contributed by atoms with Crippen LogP contribution in [0.2, 0.25) is 0 Å². The van der Waals surface area contributed by atoms with Crippen molar-refractivity contribution in [3.63, 3.8) is 0 Å². The number of fused-ring (bicyclic) bond motifs is 1. The van der Waals surface area contributed by atoms with E-state index in [4.69, 9.17) is 8.94 Å². The number of aryl methyl sites for hydroxylation is 3. The highest BCUT2D eigenvalue weighted by Gasteiger charge is 2.24. The van der Waals surface area contributed by atoms with Crippen LogP contribution in [0, 0.1) is 20.8 Å². The van der Waals surface area contributed by atoms with Gasteiger partial charge in [0.2, 0.25) is 15.8 Å². The molecular weight excluding hydrogens is 414 g/mol. The summed E-state index contributed by atoms with van der Waals surface area (Å²) >= 11 is 0. The van der Waals surface area contributed by atoms with E-state index in [-0.39, 0.29) is 10.8 Å². The number of nitrogens with zero attached hydrogens (tertiary/aromatic N) is 3. The van der Waals surface area contributed by atoms with Crippen LogP contribution < -0.4 is 0 Å². The highest BCUT2D eigenvalue weighted by atomic mass is 32.2. The quantitative estimate of drug-likeness (QED) is 0.415. The lowest BCUT2D eigenvalue weighted by molar-refractivity contribution is 0.419. The molecule has 7 nitrogen and oxygen atoms in total. The standard InChI is InChI=1S/C23H25N3O4S/c1-6-26(7-2)31(27,28)18-10-11-20-19(13-18)16(5)21(29-20)23-24-22(25-30-23)17-9-8-14(3)15(4)12-17/h8-13H,6-7H2,1-5H3. The van der Waals surface area contributed by atoms with Crippen molar-refractivity contribution < 1.29 is 17.4 Å². The van der Waals surface area contributed by atoms with E-state index in [2.05, 4.69) is 10.1 Å². The van der Waals surface area contributed by atoms with Crippen LogP contribution in [-0.2, 0) is 10.0 Å². The van der Waals surface area contributed by atoms with E-state index < -0.39 is 10.0 Å². The van der Waals surface area contributed by atoms with Gasteiger partial charge in [0.15, 0.2) is 5.76 Å². The molecule has 0 radical (unpaired) electrons. The minimum atomic E-state index is -3.56. The van der Waals surface area contributed by atoms with Gasteiger partial charge in [-0.3, -0.25) is 0 Å². The summed E-state index contributed by atoms with van der Waals surface area (Å²) in [7, 11) is -3.56. The topological polar surface area (TPSA) is 89.4 Å². The number of furan rings is 1. The fraction of sp³-hybridized carbons (Fsp3) is 0.304. The molecule has 0 aliphatic rings. The van der Waals surface area contributed by atoms with Crippen LogP contribution in [0.5, 0.6) is 0 Å². The Bertz CT molecular complexity index is 1360. The third kappa shape index (κ3) is 3.66. The summed E-state index contributed by atoms with van der Waals surface area (Å²) in [5.41, 5.74) is 4.51. The van der Waals surface area contributed by atoms with Gasteiger partial charge in [0.25, 0.3) is 5.89 Å². The van der Waals surface area contributed by atoms with E-state index in [0.717, 1.165) is 16.7 Å². The fourth-order valence-corrected chi connectivity index (χ4v) is 5.08. The molecule has 31 heavy (non-hydrogen) atoms. The van der Waals surface area contributed by atoms with Crippen molar-refractivity contribution in [2.24, 2.45) is 0 Å². The third-order valence-corrected chi connectivity index (χ3v) is 7.68. The van der Waals surface area contributed by atoms with Gasteiger partial charge in [-0.25, -0.2) is 8.42 Å². The average Bonchev–Trinajstić information content (AvgIpc) is 3.35. The van der Waals surface area contributed by atoms with Gasteiger partial charge in [-0.2, -0.15) is 9.29 Å². The Hall–Kier alpha value is -2.97. The summed E-state index contributed by atoms with van der Waals surface area (Å²) in [5.74, 6) is 1.17. The van der Waals surface area contributed by atoms with Crippen molar-refractivity contribution in [1.82, 2.24) is 14.4 Å². The second kappa shape index (κ2) is 7.94. The minimum absolute atomic E-state index is 0.237. The van der Waals surface area contributed by atoms with Crippen molar-refractivity contribution in [2.75, 3.05) is 13.1 Å². The summed E-state index contributed by atoms with van der Waals surface area (Å²) in [6.07, 6.45) is 0. The molecule has 0 aliphatic carbocycles. The Morgan fingerprint density at radius 1 is 0.968 bits per heavy atom. The summed E-state index contributed by atoms with van der Waals surface area (Å²) in [5, 5.41) is 4.80. The molecule has 2 aromatic heterocycles. The molecule has 0 saturated heterocycles. The van der Waals surface area contributed by atoms with E-state index in [1.165, 1.54) is 9.87 Å². The zero-order chi connectivity index (χ0) is 22.3. The lowest BCUT2D eigenvalue weighted by Gasteiger charge is -2.18. The average molecular weight is 440 g/mol. The molecule has 4 aromatic rings. The Morgan fingerprint density at radius 3 is 2.39 bits per heavy atom. The third-order valence-electron chi connectivity index (χ3n) is 5.64. The maximum Gasteiger partial charge on any atom is 0.294 e. The van der Waals surface area contributed by atoms with Crippen LogP contribution in [-0.4, -0.2) is 36.0 Å². The molecule has 4 rings (SSSR count). The van der Waals surface area contributed by atoms with Gasteiger partial charge in [-0.1, -0.05) is 31.1 Å². The number of sulfonamides is 1. The molecule has 0 fully saturated rings. The van der Waals surface area contributed by atoms with Crippen LogP contribution in [0.4, 0.5) is 0 Å². The van der Waals surface area contributed by atoms with Crippen molar-refractivity contribution >= 4 is 21.0 Å². The van der Waals surface area contributed by atoms with Crippen molar-refractivity contribution in [2.45, 2.75) is 39.5 Å². The molecule has 2 heterocycles. The summed E-state index contributed by atoms with van der Waals surface area (Å²) in [6, 6.07) is 10.9. The van der Waals surface area contributed by atoms with Gasteiger partial charge in [0.1, 0.15) is 5.58 Å². The molecule has 162 valence electrons. The molecule has 0 amide bonds. The number of hydrogen-bond acceptors (Lipinski definition) is 6. The Labute approximate surface area is 181 Å². The molecule has 0 bridgehead atoms. The Morgan fingerprint density at radius 2 is 1.71 bits per heavy atom. The summed E-state index contributed by atoms with van der Waals surface area (Å²) in [6.45, 7) is 10.4. The van der Waals surface area contributed by atoms with Crippen LogP contribution in [0.25, 0.3) is 34.0 Å². The van der Waals surface area contributed by atoms with Crippen LogP contribution >= 0.6 is 0 Å². The van der Waals surface area contributed by atoms with Gasteiger partial charge >= 0.3 is 0 Å². The monoisotopic (exact) mass is 439 g/mol. The second-order valence-corrected chi connectivity index (χ2v) is 9.46. The summed E-state index contributed by atoms with van der Waals surface area (Å²) in [4.78, 5) is 4.74. The molecule has 2 aromatic carbocycles. The SMILES string of the molecule is CCN(CC)S(=O)(=O)c1ccc2oc(-c3nc(-c4ccc(C)c(C)c4)no3)c(C)c2c1. The van der Waals surface area contributed by atoms with E-state index >= 15 is 0 Å². The lowest BCUT2D eigenvalue weighted by atomic mass is 10.1. The minimum Gasteiger partial charge on any atom is -0.451 e. The maximum atomic E-state index is 12.9. The first kappa shape index (κ1) is 21.3. The first-order chi connectivity index (χ1) is 14.8. The predicted molar refractivity (Wildman–Crippen MR) is 119 cm³/mol. The highest BCUT2D eigenvalue weighted by Crippen LogP contribution is 2.35. The van der Waals surface area contributed by atoms with Crippen LogP contribution in [0.1, 0.15) is 30.5 Å². The summed E-state index contributed by atoms with van der Waals surface area (Å²) < 4.78 is 38.6. The largest absolute Gasteiger partial charge is 0.451 e. The number of aromatic nitrogens is 2. The number of hydrogen-bond donors (Lipinski definition) is 0. The first-order valence-electron chi connectivity index (χ1n) is 10.2. The maximum absolute atomic E-state index is 12.9. The Kier molecular flexibility index (Phi) is 5.45. The van der Waals surface area contributed by atoms with E-state index in [1.807, 2.05) is 52.8 Å². The van der Waals surface area contributed by atoms with E-state index in [1.54, 1.807) is 18.2 Å². The van der Waals surface area contributed by atoms with Crippen molar-refractivity contribution in [3.8, 4) is 23.0 Å². The van der Waals surface area contributed by atoms with Crippen LogP contribution in [0.3, 0.4) is 0 Å².